The van der Waals surface area contributed by atoms with Crippen molar-refractivity contribution in [1.82, 2.24) is 0 Å². The van der Waals surface area contributed by atoms with Crippen LogP contribution in [0.5, 0.6) is 0 Å². The first-order valence-electron chi connectivity index (χ1n) is 25.4. The largest absolute Gasteiger partial charge is 0.462 e. The van der Waals surface area contributed by atoms with Crippen molar-refractivity contribution >= 4 is 17.9 Å². The van der Waals surface area contributed by atoms with Crippen molar-refractivity contribution < 1.29 is 28.6 Å². The van der Waals surface area contributed by atoms with Crippen molar-refractivity contribution in [1.29, 1.82) is 0 Å². The molecule has 350 valence electrons. The van der Waals surface area contributed by atoms with Gasteiger partial charge in [0.15, 0.2) is 6.10 Å². The highest BCUT2D eigenvalue weighted by Crippen LogP contribution is 2.14. The number of esters is 3. The van der Waals surface area contributed by atoms with Crippen LogP contribution >= 0.6 is 0 Å². The normalized spacial score (nSPS) is 12.6. The van der Waals surface area contributed by atoms with E-state index in [1.54, 1.807) is 0 Å². The van der Waals surface area contributed by atoms with E-state index < -0.39 is 6.10 Å². The molecule has 1 unspecified atom stereocenters. The van der Waals surface area contributed by atoms with Crippen molar-refractivity contribution in [2.45, 2.75) is 245 Å². The van der Waals surface area contributed by atoms with Crippen LogP contribution in [-0.4, -0.2) is 37.2 Å². The highest BCUT2D eigenvalue weighted by Gasteiger charge is 2.19. The lowest BCUT2D eigenvalue weighted by molar-refractivity contribution is -0.167. The van der Waals surface area contributed by atoms with Crippen molar-refractivity contribution in [3.05, 3.63) is 72.9 Å². The molecule has 0 aromatic rings. The van der Waals surface area contributed by atoms with Crippen molar-refractivity contribution in [2.75, 3.05) is 13.2 Å². The zero-order chi connectivity index (χ0) is 44.4. The van der Waals surface area contributed by atoms with Gasteiger partial charge in [-0.2, -0.15) is 0 Å². The monoisotopic (exact) mass is 851 g/mol. The molecular weight excluding hydrogens is 757 g/mol. The molecule has 6 heteroatoms. The minimum absolute atomic E-state index is 0.0814. The number of ether oxygens (including phenoxy) is 3. The van der Waals surface area contributed by atoms with E-state index in [1.165, 1.54) is 89.9 Å². The number of allylic oxidation sites excluding steroid dienone is 12. The Morgan fingerprint density at radius 2 is 0.639 bits per heavy atom. The molecular formula is C55H94O6. The molecule has 6 nitrogen and oxygen atoms in total. The predicted molar refractivity (Wildman–Crippen MR) is 261 cm³/mol. The summed E-state index contributed by atoms with van der Waals surface area (Å²) in [4.78, 5) is 37.8. The molecule has 0 N–H and O–H groups in total. The van der Waals surface area contributed by atoms with Crippen LogP contribution in [-0.2, 0) is 28.6 Å². The van der Waals surface area contributed by atoms with E-state index in [0.29, 0.717) is 19.3 Å². The van der Waals surface area contributed by atoms with Crippen molar-refractivity contribution in [2.24, 2.45) is 0 Å². The maximum Gasteiger partial charge on any atom is 0.306 e. The molecule has 0 aliphatic carbocycles. The second-order valence-electron chi connectivity index (χ2n) is 16.7. The summed E-state index contributed by atoms with van der Waals surface area (Å²) in [5.41, 5.74) is 0. The van der Waals surface area contributed by atoms with Gasteiger partial charge in [0.05, 0.1) is 0 Å². The fourth-order valence-electron chi connectivity index (χ4n) is 6.87. The van der Waals surface area contributed by atoms with Gasteiger partial charge in [-0.05, 0) is 89.9 Å². The van der Waals surface area contributed by atoms with Crippen molar-refractivity contribution in [3.8, 4) is 0 Å². The fraction of sp³-hybridized carbons (Fsp3) is 0.727. The minimum Gasteiger partial charge on any atom is -0.462 e. The minimum atomic E-state index is -0.780. The van der Waals surface area contributed by atoms with E-state index in [9.17, 15) is 14.4 Å². The summed E-state index contributed by atoms with van der Waals surface area (Å²) in [6, 6.07) is 0. The molecule has 0 aromatic carbocycles. The van der Waals surface area contributed by atoms with Crippen LogP contribution in [0, 0.1) is 0 Å². The van der Waals surface area contributed by atoms with Gasteiger partial charge in [-0.15, -0.1) is 0 Å². The third kappa shape index (κ3) is 47.7. The van der Waals surface area contributed by atoms with Crippen LogP contribution in [0.25, 0.3) is 0 Å². The third-order valence-corrected chi connectivity index (χ3v) is 10.7. The highest BCUT2D eigenvalue weighted by atomic mass is 16.6. The Balaban J connectivity index is 4.26. The Morgan fingerprint density at radius 1 is 0.344 bits per heavy atom. The van der Waals surface area contributed by atoms with Crippen molar-refractivity contribution in [3.63, 3.8) is 0 Å². The molecule has 1 atom stereocenters. The van der Waals surface area contributed by atoms with Crippen LogP contribution in [0.2, 0.25) is 0 Å². The lowest BCUT2D eigenvalue weighted by Crippen LogP contribution is -2.30. The SMILES string of the molecule is CC/C=C\C/C=C\C/C=C\C/C=C\C/C=C\CCCCCCCCCC(=O)OCC(COC(=O)CCCCCCCCCC)OC(=O)CCCCCCC/C=C\CCCCC. The molecule has 0 heterocycles. The van der Waals surface area contributed by atoms with Gasteiger partial charge in [0.2, 0.25) is 0 Å². The number of hydrogen-bond acceptors (Lipinski definition) is 6. The summed E-state index contributed by atoms with van der Waals surface area (Å²) in [5.74, 6) is -0.907. The second-order valence-corrected chi connectivity index (χ2v) is 16.7. The number of rotatable bonds is 45. The zero-order valence-electron chi connectivity index (χ0n) is 39.9. The van der Waals surface area contributed by atoms with Gasteiger partial charge in [-0.1, -0.05) is 203 Å². The zero-order valence-corrected chi connectivity index (χ0v) is 39.9. The van der Waals surface area contributed by atoms with Gasteiger partial charge in [0.1, 0.15) is 13.2 Å². The summed E-state index contributed by atoms with van der Waals surface area (Å²) in [6.07, 6.45) is 61.8. The van der Waals surface area contributed by atoms with E-state index in [4.69, 9.17) is 14.2 Å². The number of unbranched alkanes of at least 4 members (excludes halogenated alkanes) is 22. The first-order chi connectivity index (χ1) is 30.0. The Bertz CT molecular complexity index is 1160. The molecule has 0 rings (SSSR count). The fourth-order valence-corrected chi connectivity index (χ4v) is 6.87. The summed E-state index contributed by atoms with van der Waals surface area (Å²) in [6.45, 7) is 6.45. The molecule has 0 bridgehead atoms. The van der Waals surface area contributed by atoms with E-state index in [1.807, 2.05) is 0 Å². The van der Waals surface area contributed by atoms with E-state index in [0.717, 1.165) is 109 Å². The maximum atomic E-state index is 12.7. The Kier molecular flexibility index (Phi) is 46.9. The van der Waals surface area contributed by atoms with E-state index in [-0.39, 0.29) is 31.1 Å². The molecule has 0 radical (unpaired) electrons. The predicted octanol–water partition coefficient (Wildman–Crippen LogP) is 16.6. The summed E-state index contributed by atoms with van der Waals surface area (Å²) in [5, 5.41) is 0. The smallest absolute Gasteiger partial charge is 0.306 e. The number of hydrogen-bond donors (Lipinski definition) is 0. The summed E-state index contributed by atoms with van der Waals surface area (Å²) in [7, 11) is 0. The van der Waals surface area contributed by atoms with Crippen LogP contribution in [0.15, 0.2) is 72.9 Å². The first-order valence-corrected chi connectivity index (χ1v) is 25.4. The van der Waals surface area contributed by atoms with Gasteiger partial charge < -0.3 is 14.2 Å². The average Bonchev–Trinajstić information content (AvgIpc) is 3.26. The lowest BCUT2D eigenvalue weighted by atomic mass is 10.1. The van der Waals surface area contributed by atoms with Gasteiger partial charge in [-0.3, -0.25) is 14.4 Å². The Hall–Kier alpha value is -3.15. The molecule has 0 aromatic heterocycles. The number of carbonyl (C=O) groups excluding carboxylic acids is 3. The molecule has 61 heavy (non-hydrogen) atoms. The topological polar surface area (TPSA) is 78.9 Å². The Labute approximate surface area is 376 Å². The molecule has 0 aliphatic heterocycles. The van der Waals surface area contributed by atoms with Gasteiger partial charge in [0, 0.05) is 19.3 Å². The van der Waals surface area contributed by atoms with Crippen LogP contribution < -0.4 is 0 Å². The highest BCUT2D eigenvalue weighted by molar-refractivity contribution is 5.71. The van der Waals surface area contributed by atoms with Crippen LogP contribution in [0.1, 0.15) is 239 Å². The van der Waals surface area contributed by atoms with Crippen LogP contribution in [0.3, 0.4) is 0 Å². The number of carbonyl (C=O) groups is 3. The molecule has 0 saturated carbocycles. The van der Waals surface area contributed by atoms with E-state index >= 15 is 0 Å². The molecule has 0 fully saturated rings. The maximum absolute atomic E-state index is 12.7. The molecule has 0 spiro atoms. The average molecular weight is 851 g/mol. The lowest BCUT2D eigenvalue weighted by Gasteiger charge is -2.18. The quantitative estimate of drug-likeness (QED) is 0.0263. The summed E-state index contributed by atoms with van der Waals surface area (Å²) < 4.78 is 16.7. The van der Waals surface area contributed by atoms with Crippen LogP contribution in [0.4, 0.5) is 0 Å². The van der Waals surface area contributed by atoms with Gasteiger partial charge >= 0.3 is 17.9 Å². The van der Waals surface area contributed by atoms with E-state index in [2.05, 4.69) is 93.7 Å². The molecule has 0 aliphatic rings. The first kappa shape index (κ1) is 57.9. The molecule has 0 saturated heterocycles. The third-order valence-electron chi connectivity index (χ3n) is 10.7. The second kappa shape index (κ2) is 49.5. The summed E-state index contributed by atoms with van der Waals surface area (Å²) >= 11 is 0. The van der Waals surface area contributed by atoms with Gasteiger partial charge in [-0.25, -0.2) is 0 Å². The van der Waals surface area contributed by atoms with Gasteiger partial charge in [0.25, 0.3) is 0 Å². The standard InChI is InChI=1S/C55H94O6/c1-4-7-10-13-16-19-21-23-24-25-26-27-28-29-30-31-32-33-35-36-39-42-45-48-54(57)60-51-52(50-59-53(56)47-44-41-38-18-15-12-9-6-3)61-55(58)49-46-43-40-37-34-22-20-17-14-11-8-5-2/h7,10,16-17,19-20,23-24,26-27,29-30,52H,4-6,8-9,11-15,18,21-22,25,28,31-51H2,1-3H3/b10-7-,19-16-,20-17-,24-23-,27-26-,30-29-. The molecule has 0 amide bonds. The Morgan fingerprint density at radius 3 is 1.05 bits per heavy atom.